The van der Waals surface area contributed by atoms with E-state index >= 15 is 8.78 Å². The van der Waals surface area contributed by atoms with Gasteiger partial charge in [-0.05, 0) is 81.5 Å². The van der Waals surface area contributed by atoms with Crippen molar-refractivity contribution in [3.05, 3.63) is 105 Å². The number of benzene rings is 1. The predicted octanol–water partition coefficient (Wildman–Crippen LogP) is 3.99. The van der Waals surface area contributed by atoms with Crippen molar-refractivity contribution >= 4 is 11.6 Å². The first kappa shape index (κ1) is 33.2. The van der Waals surface area contributed by atoms with Gasteiger partial charge in [0.25, 0.3) is 0 Å². The van der Waals surface area contributed by atoms with Gasteiger partial charge < -0.3 is 10.4 Å². The summed E-state index contributed by atoms with van der Waals surface area (Å²) in [5.74, 6) is 0.330. The Labute approximate surface area is 277 Å². The number of aromatic amines is 1. The molecule has 0 saturated heterocycles. The number of alkyl halides is 2. The highest BCUT2D eigenvalue weighted by Crippen LogP contribution is 2.46. The molecule has 1 aliphatic rings. The van der Waals surface area contributed by atoms with E-state index in [1.165, 1.54) is 24.4 Å². The van der Waals surface area contributed by atoms with Crippen molar-refractivity contribution in [2.75, 3.05) is 0 Å². The van der Waals surface area contributed by atoms with E-state index in [1.807, 2.05) is 0 Å². The predicted molar refractivity (Wildman–Crippen MR) is 170 cm³/mol. The van der Waals surface area contributed by atoms with Gasteiger partial charge in [0.1, 0.15) is 35.2 Å². The third-order valence-corrected chi connectivity index (χ3v) is 8.08. The number of halogens is 4. The summed E-state index contributed by atoms with van der Waals surface area (Å²) < 4.78 is 61.5. The molecule has 3 N–H and O–H groups in total. The number of carbonyl (C=O) groups excluding carboxylic acids is 1. The van der Waals surface area contributed by atoms with Crippen LogP contribution in [0.3, 0.4) is 0 Å². The van der Waals surface area contributed by atoms with E-state index in [1.54, 1.807) is 31.2 Å². The van der Waals surface area contributed by atoms with Crippen LogP contribution in [0.1, 0.15) is 53.8 Å². The van der Waals surface area contributed by atoms with Gasteiger partial charge in [0.05, 0.1) is 23.3 Å². The van der Waals surface area contributed by atoms with Gasteiger partial charge in [0.2, 0.25) is 5.91 Å². The second-order valence-electron chi connectivity index (χ2n) is 12.3. The molecule has 6 rings (SSSR count). The number of hydrogen-bond acceptors (Lipinski definition) is 6. The molecule has 5 aromatic rings. The van der Waals surface area contributed by atoms with Crippen LogP contribution >= 0.6 is 0 Å². The molecule has 0 spiro atoms. The Balaban J connectivity index is 1.46. The smallest absolute Gasteiger partial charge is 0.347 e. The van der Waals surface area contributed by atoms with Crippen molar-refractivity contribution in [1.82, 2.24) is 34.7 Å². The van der Waals surface area contributed by atoms with Crippen LogP contribution in [0, 0.1) is 48.7 Å². The third kappa shape index (κ3) is 6.68. The average Bonchev–Trinajstić information content (AvgIpc) is 3.64. The average molecular weight is 672 g/mol. The summed E-state index contributed by atoms with van der Waals surface area (Å²) in [6.07, 6.45) is 6.60. The number of pyridine rings is 2. The molecule has 0 fully saturated rings. The number of rotatable bonds is 7. The highest BCUT2D eigenvalue weighted by atomic mass is 19.3. The van der Waals surface area contributed by atoms with Crippen molar-refractivity contribution in [1.29, 1.82) is 0 Å². The molecule has 49 heavy (non-hydrogen) atoms. The van der Waals surface area contributed by atoms with Crippen molar-refractivity contribution in [2.24, 2.45) is 5.92 Å². The molecule has 0 bridgehead atoms. The molecule has 0 saturated carbocycles. The second kappa shape index (κ2) is 12.4. The summed E-state index contributed by atoms with van der Waals surface area (Å²) in [5, 5.41) is 23.5. The van der Waals surface area contributed by atoms with Gasteiger partial charge in [0, 0.05) is 29.0 Å². The van der Waals surface area contributed by atoms with Crippen LogP contribution in [0.25, 0.3) is 16.8 Å². The number of aliphatic hydroxyl groups is 1. The molecule has 4 aromatic heterocycles. The van der Waals surface area contributed by atoms with Gasteiger partial charge in [0.15, 0.2) is 5.65 Å². The lowest BCUT2D eigenvalue weighted by Gasteiger charge is -2.23. The maximum atomic E-state index is 15.3. The zero-order valence-electron chi connectivity index (χ0n) is 26.5. The lowest BCUT2D eigenvalue weighted by molar-refractivity contribution is -0.123. The van der Waals surface area contributed by atoms with Crippen LogP contribution < -0.4 is 11.0 Å². The van der Waals surface area contributed by atoms with E-state index in [0.717, 1.165) is 16.8 Å². The fourth-order valence-electron chi connectivity index (χ4n) is 5.90. The van der Waals surface area contributed by atoms with E-state index in [-0.39, 0.29) is 35.4 Å². The van der Waals surface area contributed by atoms with E-state index in [4.69, 9.17) is 6.42 Å². The van der Waals surface area contributed by atoms with E-state index < -0.39 is 59.0 Å². The Hall–Kier alpha value is -5.73. The van der Waals surface area contributed by atoms with Gasteiger partial charge in [-0.15, -0.1) is 6.42 Å². The zero-order chi connectivity index (χ0) is 35.2. The first-order valence-electron chi connectivity index (χ1n) is 15.1. The Kier molecular flexibility index (Phi) is 8.38. The van der Waals surface area contributed by atoms with Gasteiger partial charge in [-0.3, -0.25) is 9.48 Å². The van der Waals surface area contributed by atoms with E-state index in [0.29, 0.717) is 28.5 Å². The Morgan fingerprint density at radius 2 is 1.94 bits per heavy atom. The summed E-state index contributed by atoms with van der Waals surface area (Å²) in [5.41, 5.74) is 0.00568. The van der Waals surface area contributed by atoms with Crippen LogP contribution in [0.4, 0.5) is 17.6 Å². The van der Waals surface area contributed by atoms with Crippen molar-refractivity contribution in [3.8, 4) is 35.3 Å². The SMILES string of the molecule is C#C[C@@H]1Cc2c(C)nn(CC(=O)N[C@@H](Cc3cc(F)cc(F)c3)c3nc(C#CC(C)(C)O)ccc3-c3ccc4n[nH]c(=O)n4c3)c2C1(F)F. The molecule has 4 heterocycles. The maximum Gasteiger partial charge on any atom is 0.347 e. The summed E-state index contributed by atoms with van der Waals surface area (Å²) in [7, 11) is 0. The number of carbonyl (C=O) groups is 1. The number of aromatic nitrogens is 6. The van der Waals surface area contributed by atoms with E-state index in [9.17, 15) is 23.5 Å². The fraction of sp³-hybridized carbons (Fsp3) is 0.286. The number of aryl methyl sites for hydroxylation is 1. The third-order valence-electron chi connectivity index (χ3n) is 8.08. The van der Waals surface area contributed by atoms with E-state index in [2.05, 4.69) is 43.4 Å². The standard InChI is InChI=1S/C35H29F4N7O3/c1-5-22-15-27-19(2)44-46(32(27)35(22,38)39)18-30(47)41-28(14-20-12-23(36)16-24(37)13-20)31-26(8-7-25(40-31)10-11-34(3,4)49)21-6-9-29-42-43-33(48)45(29)17-21/h1,6-9,12-13,16-17,22,28,49H,14-15,18H2,2-4H3,(H,41,47)(H,43,48)/t22-,28+/m1/s1. The number of amides is 1. The van der Waals surface area contributed by atoms with Crippen molar-refractivity contribution in [2.45, 2.75) is 57.7 Å². The number of nitrogens with one attached hydrogen (secondary N) is 2. The topological polar surface area (TPSA) is 130 Å². The normalized spacial score (nSPS) is 15.7. The lowest BCUT2D eigenvalue weighted by Crippen LogP contribution is -2.35. The molecule has 0 aliphatic heterocycles. The fourth-order valence-corrected chi connectivity index (χ4v) is 5.90. The lowest BCUT2D eigenvalue weighted by atomic mass is 9.95. The number of terminal acetylenes is 1. The summed E-state index contributed by atoms with van der Waals surface area (Å²) >= 11 is 0. The molecular weight excluding hydrogens is 642 g/mol. The van der Waals surface area contributed by atoms with Crippen molar-refractivity contribution < 1.29 is 27.5 Å². The Bertz CT molecular complexity index is 2260. The molecular formula is C35H29F4N7O3. The number of fused-ring (bicyclic) bond motifs is 2. The number of H-pyrrole nitrogens is 1. The molecule has 0 radical (unpaired) electrons. The molecule has 1 amide bonds. The maximum absolute atomic E-state index is 15.3. The largest absolute Gasteiger partial charge is 0.378 e. The molecule has 1 aromatic carbocycles. The Morgan fingerprint density at radius 3 is 2.63 bits per heavy atom. The molecule has 14 heteroatoms. The number of nitrogens with zero attached hydrogens (tertiary/aromatic N) is 5. The quantitative estimate of drug-likeness (QED) is 0.177. The molecule has 2 atom stereocenters. The Morgan fingerprint density at radius 1 is 1.20 bits per heavy atom. The minimum Gasteiger partial charge on any atom is -0.378 e. The van der Waals surface area contributed by atoms with Crippen LogP contribution in [0.5, 0.6) is 0 Å². The minimum absolute atomic E-state index is 0.0874. The second-order valence-corrected chi connectivity index (χ2v) is 12.3. The van der Waals surface area contributed by atoms with Gasteiger partial charge in [-0.25, -0.2) is 28.1 Å². The zero-order valence-corrected chi connectivity index (χ0v) is 26.5. The van der Waals surface area contributed by atoms with Gasteiger partial charge >= 0.3 is 11.6 Å². The summed E-state index contributed by atoms with van der Waals surface area (Å²) in [6.45, 7) is 3.90. The first-order chi connectivity index (χ1) is 23.1. The highest BCUT2D eigenvalue weighted by Gasteiger charge is 2.52. The van der Waals surface area contributed by atoms with Gasteiger partial charge in [-0.2, -0.15) is 19.0 Å². The van der Waals surface area contributed by atoms with Crippen LogP contribution in [-0.4, -0.2) is 46.0 Å². The molecule has 0 unspecified atom stereocenters. The monoisotopic (exact) mass is 671 g/mol. The highest BCUT2D eigenvalue weighted by molar-refractivity contribution is 5.77. The van der Waals surface area contributed by atoms with Gasteiger partial charge in [-0.1, -0.05) is 11.8 Å². The summed E-state index contributed by atoms with van der Waals surface area (Å²) in [4.78, 5) is 30.8. The van der Waals surface area contributed by atoms with Crippen LogP contribution in [-0.2, 0) is 30.1 Å². The summed E-state index contributed by atoms with van der Waals surface area (Å²) in [6, 6.07) is 8.24. The first-order valence-corrected chi connectivity index (χ1v) is 15.1. The van der Waals surface area contributed by atoms with Crippen LogP contribution in [0.2, 0.25) is 0 Å². The molecule has 1 aliphatic carbocycles. The minimum atomic E-state index is -3.42. The molecule has 10 nitrogen and oxygen atoms in total. The van der Waals surface area contributed by atoms with Crippen molar-refractivity contribution in [3.63, 3.8) is 0 Å². The van der Waals surface area contributed by atoms with Crippen LogP contribution in [0.15, 0.2) is 53.5 Å². The molecule has 250 valence electrons. The number of hydrogen-bond donors (Lipinski definition) is 3.